The first-order chi connectivity index (χ1) is 9.44. The molecule has 1 unspecified atom stereocenters. The second kappa shape index (κ2) is 6.60. The van der Waals surface area contributed by atoms with Crippen molar-refractivity contribution >= 4 is 0 Å². The Morgan fingerprint density at radius 3 is 2.50 bits per heavy atom. The maximum Gasteiger partial charge on any atom is 0.401 e. The van der Waals surface area contributed by atoms with Gasteiger partial charge in [-0.25, -0.2) is 0 Å². The molecule has 0 aromatic rings. The van der Waals surface area contributed by atoms with Crippen molar-refractivity contribution in [2.45, 2.75) is 43.5 Å². The number of hydrogen-bond acceptors (Lipinski definition) is 4. The Balaban J connectivity index is 2.00. The molecule has 118 valence electrons. The SMILES string of the molecule is OCCN(CC(F)(F)F)C1CCOC2(CCOCC2)C1. The maximum absolute atomic E-state index is 12.6. The quantitative estimate of drug-likeness (QED) is 0.855. The lowest BCUT2D eigenvalue weighted by molar-refractivity contribution is -0.178. The molecule has 2 aliphatic heterocycles. The highest BCUT2D eigenvalue weighted by atomic mass is 19.4. The predicted octanol–water partition coefficient (Wildman–Crippen LogP) is 1.57. The molecule has 2 saturated heterocycles. The molecule has 2 aliphatic rings. The molecule has 1 spiro atoms. The zero-order chi connectivity index (χ0) is 14.6. The molecule has 2 heterocycles. The van der Waals surface area contributed by atoms with Crippen molar-refractivity contribution in [1.82, 2.24) is 4.90 Å². The molecule has 0 saturated carbocycles. The Hall–Kier alpha value is -0.370. The molecular formula is C13H22F3NO3. The van der Waals surface area contributed by atoms with Crippen LogP contribution in [-0.2, 0) is 9.47 Å². The molecular weight excluding hydrogens is 275 g/mol. The lowest BCUT2D eigenvalue weighted by atomic mass is 9.83. The monoisotopic (exact) mass is 297 g/mol. The van der Waals surface area contributed by atoms with E-state index in [0.29, 0.717) is 32.7 Å². The number of halogens is 3. The summed E-state index contributed by atoms with van der Waals surface area (Å²) in [6, 6.07) is -0.185. The van der Waals surface area contributed by atoms with Gasteiger partial charge in [0, 0.05) is 32.4 Å². The van der Waals surface area contributed by atoms with Crippen LogP contribution in [-0.4, -0.2) is 67.3 Å². The fourth-order valence-electron chi connectivity index (χ4n) is 3.15. The van der Waals surface area contributed by atoms with Crippen LogP contribution in [0.4, 0.5) is 13.2 Å². The molecule has 0 aromatic carbocycles. The average molecular weight is 297 g/mol. The Labute approximate surface area is 116 Å². The minimum absolute atomic E-state index is 0.0523. The summed E-state index contributed by atoms with van der Waals surface area (Å²) in [5.41, 5.74) is -0.333. The van der Waals surface area contributed by atoms with Crippen LogP contribution in [0.5, 0.6) is 0 Å². The summed E-state index contributed by atoms with van der Waals surface area (Å²) in [6.07, 6.45) is -1.59. The van der Waals surface area contributed by atoms with Crippen LogP contribution < -0.4 is 0 Å². The summed E-state index contributed by atoms with van der Waals surface area (Å²) in [5.74, 6) is 0. The van der Waals surface area contributed by atoms with Gasteiger partial charge in [-0.1, -0.05) is 0 Å². The van der Waals surface area contributed by atoms with E-state index in [1.807, 2.05) is 0 Å². The molecule has 2 fully saturated rings. The molecule has 0 aromatic heterocycles. The van der Waals surface area contributed by atoms with Crippen molar-refractivity contribution in [3.05, 3.63) is 0 Å². The van der Waals surface area contributed by atoms with E-state index in [4.69, 9.17) is 14.6 Å². The van der Waals surface area contributed by atoms with Crippen LogP contribution in [0, 0.1) is 0 Å². The largest absolute Gasteiger partial charge is 0.401 e. The van der Waals surface area contributed by atoms with E-state index < -0.39 is 12.7 Å². The molecule has 2 rings (SSSR count). The van der Waals surface area contributed by atoms with Crippen LogP contribution in [0.1, 0.15) is 25.7 Å². The minimum Gasteiger partial charge on any atom is -0.395 e. The van der Waals surface area contributed by atoms with Gasteiger partial charge >= 0.3 is 6.18 Å². The van der Waals surface area contributed by atoms with Gasteiger partial charge in [0.15, 0.2) is 0 Å². The summed E-state index contributed by atoms with van der Waals surface area (Å²) in [4.78, 5) is 1.35. The van der Waals surface area contributed by atoms with Gasteiger partial charge in [-0.05, 0) is 25.7 Å². The number of nitrogens with zero attached hydrogens (tertiary/aromatic N) is 1. The number of rotatable bonds is 4. The topological polar surface area (TPSA) is 41.9 Å². The molecule has 0 bridgehead atoms. The average Bonchev–Trinajstić information content (AvgIpc) is 2.38. The third-order valence-electron chi connectivity index (χ3n) is 4.16. The smallest absolute Gasteiger partial charge is 0.395 e. The molecule has 0 amide bonds. The van der Waals surface area contributed by atoms with Crippen molar-refractivity contribution in [2.75, 3.05) is 39.5 Å². The summed E-state index contributed by atoms with van der Waals surface area (Å²) in [6.45, 7) is 0.507. The fraction of sp³-hybridized carbons (Fsp3) is 1.00. The first-order valence-corrected chi connectivity index (χ1v) is 7.07. The molecule has 4 nitrogen and oxygen atoms in total. The van der Waals surface area contributed by atoms with E-state index in [2.05, 4.69) is 0 Å². The molecule has 0 aliphatic carbocycles. The first kappa shape index (κ1) is 16.0. The van der Waals surface area contributed by atoms with Gasteiger partial charge in [0.2, 0.25) is 0 Å². The van der Waals surface area contributed by atoms with Crippen LogP contribution >= 0.6 is 0 Å². The molecule has 1 atom stereocenters. The van der Waals surface area contributed by atoms with E-state index in [-0.39, 0.29) is 24.8 Å². The maximum atomic E-state index is 12.6. The summed E-state index contributed by atoms with van der Waals surface area (Å²) < 4.78 is 49.1. The van der Waals surface area contributed by atoms with Crippen molar-refractivity contribution in [2.24, 2.45) is 0 Å². The lowest BCUT2D eigenvalue weighted by Crippen LogP contribution is -2.53. The van der Waals surface area contributed by atoms with Gasteiger partial charge in [0.1, 0.15) is 0 Å². The number of hydrogen-bond donors (Lipinski definition) is 1. The minimum atomic E-state index is -4.24. The highest BCUT2D eigenvalue weighted by molar-refractivity contribution is 4.92. The van der Waals surface area contributed by atoms with Gasteiger partial charge < -0.3 is 14.6 Å². The van der Waals surface area contributed by atoms with Crippen LogP contribution in [0.15, 0.2) is 0 Å². The molecule has 7 heteroatoms. The van der Waals surface area contributed by atoms with Gasteiger partial charge in [-0.15, -0.1) is 0 Å². The van der Waals surface area contributed by atoms with E-state index in [1.54, 1.807) is 0 Å². The molecule has 0 radical (unpaired) electrons. The third kappa shape index (κ3) is 4.31. The summed E-state index contributed by atoms with van der Waals surface area (Å²) in [7, 11) is 0. The van der Waals surface area contributed by atoms with Crippen LogP contribution in [0.2, 0.25) is 0 Å². The molecule has 1 N–H and O–H groups in total. The van der Waals surface area contributed by atoms with E-state index in [1.165, 1.54) is 4.90 Å². The van der Waals surface area contributed by atoms with Crippen molar-refractivity contribution in [3.63, 3.8) is 0 Å². The van der Waals surface area contributed by atoms with Gasteiger partial charge in [0.25, 0.3) is 0 Å². The Bertz CT molecular complexity index is 300. The fourth-order valence-corrected chi connectivity index (χ4v) is 3.15. The highest BCUT2D eigenvalue weighted by Crippen LogP contribution is 2.36. The highest BCUT2D eigenvalue weighted by Gasteiger charge is 2.42. The van der Waals surface area contributed by atoms with E-state index >= 15 is 0 Å². The van der Waals surface area contributed by atoms with Crippen molar-refractivity contribution < 1.29 is 27.8 Å². The number of alkyl halides is 3. The first-order valence-electron chi connectivity index (χ1n) is 7.07. The standard InChI is InChI=1S/C13H22F3NO3/c14-13(15,16)10-17(4-5-18)11-1-6-20-12(9-11)2-7-19-8-3-12/h11,18H,1-10H2. The lowest BCUT2D eigenvalue weighted by Gasteiger charge is -2.46. The number of aliphatic hydroxyl groups is 1. The third-order valence-corrected chi connectivity index (χ3v) is 4.16. The van der Waals surface area contributed by atoms with Gasteiger partial charge in [0.05, 0.1) is 18.8 Å². The van der Waals surface area contributed by atoms with Crippen LogP contribution in [0.25, 0.3) is 0 Å². The Kier molecular flexibility index (Phi) is 5.28. The van der Waals surface area contributed by atoms with Crippen LogP contribution in [0.3, 0.4) is 0 Å². The van der Waals surface area contributed by atoms with Gasteiger partial charge in [-0.2, -0.15) is 13.2 Å². The molecule has 20 heavy (non-hydrogen) atoms. The Morgan fingerprint density at radius 1 is 1.20 bits per heavy atom. The second-order valence-corrected chi connectivity index (χ2v) is 5.60. The zero-order valence-electron chi connectivity index (χ0n) is 11.5. The normalized spacial score (nSPS) is 27.1. The van der Waals surface area contributed by atoms with Crippen molar-refractivity contribution in [1.29, 1.82) is 0 Å². The van der Waals surface area contributed by atoms with Crippen molar-refractivity contribution in [3.8, 4) is 0 Å². The summed E-state index contributed by atoms with van der Waals surface area (Å²) >= 11 is 0. The number of aliphatic hydroxyl groups excluding tert-OH is 1. The van der Waals surface area contributed by atoms with E-state index in [0.717, 1.165) is 12.8 Å². The van der Waals surface area contributed by atoms with E-state index in [9.17, 15) is 13.2 Å². The summed E-state index contributed by atoms with van der Waals surface area (Å²) in [5, 5.41) is 9.01. The zero-order valence-corrected chi connectivity index (χ0v) is 11.5. The predicted molar refractivity (Wildman–Crippen MR) is 66.5 cm³/mol. The second-order valence-electron chi connectivity index (χ2n) is 5.60. The number of ether oxygens (including phenoxy) is 2. The van der Waals surface area contributed by atoms with Gasteiger partial charge in [-0.3, -0.25) is 4.90 Å². The Morgan fingerprint density at radius 2 is 1.90 bits per heavy atom.